The Kier molecular flexibility index (Phi) is 5.86. The average Bonchev–Trinajstić information content (AvgIpc) is 3.37. The van der Waals surface area contributed by atoms with E-state index in [2.05, 4.69) is 10.8 Å². The van der Waals surface area contributed by atoms with Gasteiger partial charge < -0.3 is 14.5 Å². The Hall–Kier alpha value is -2.19. The summed E-state index contributed by atoms with van der Waals surface area (Å²) < 4.78 is 79.1. The highest BCUT2D eigenvalue weighted by molar-refractivity contribution is 5.83. The Morgan fingerprint density at radius 1 is 0.967 bits per heavy atom. The molecule has 0 unspecified atom stereocenters. The number of likely N-dealkylation sites (tertiary alicyclic amines) is 2. The molecule has 1 aliphatic carbocycles. The number of rotatable bonds is 2. The number of carbonyl (C=O) groups excluding carboxylic acids is 2. The van der Waals surface area contributed by atoms with Crippen LogP contribution >= 0.6 is 0 Å². The molecule has 0 aromatic rings. The summed E-state index contributed by atoms with van der Waals surface area (Å²) in [6.07, 6.45) is -14.9. The first kappa shape index (κ1) is 22.5. The number of hydrogen-bond acceptors (Lipinski definition) is 4. The first-order valence-corrected chi connectivity index (χ1v) is 9.65. The van der Waals surface area contributed by atoms with Crippen LogP contribution in [0.4, 0.5) is 31.1 Å². The number of amides is 2. The molecule has 1 saturated carbocycles. The summed E-state index contributed by atoms with van der Waals surface area (Å²) in [6.45, 7) is 0.861. The van der Waals surface area contributed by atoms with Gasteiger partial charge in [0, 0.05) is 38.0 Å². The van der Waals surface area contributed by atoms with Gasteiger partial charge in [-0.1, -0.05) is 0 Å². The molecule has 0 aromatic carbocycles. The molecular formula is C18H21F6N3O3. The number of nitriles is 1. The first-order valence-electron chi connectivity index (χ1n) is 9.65. The van der Waals surface area contributed by atoms with Gasteiger partial charge in [0.2, 0.25) is 5.91 Å². The molecule has 2 heterocycles. The van der Waals surface area contributed by atoms with Crippen LogP contribution in [0.25, 0.3) is 0 Å². The molecule has 1 spiro atoms. The highest BCUT2D eigenvalue weighted by atomic mass is 19.4. The largest absolute Gasteiger partial charge is 0.434 e. The van der Waals surface area contributed by atoms with Crippen LogP contribution in [0.2, 0.25) is 0 Å². The third-order valence-corrected chi connectivity index (χ3v) is 6.31. The quantitative estimate of drug-likeness (QED) is 0.615. The Morgan fingerprint density at radius 2 is 1.50 bits per heavy atom. The van der Waals surface area contributed by atoms with Crippen molar-refractivity contribution < 1.29 is 40.7 Å². The molecule has 0 aromatic heterocycles. The summed E-state index contributed by atoms with van der Waals surface area (Å²) in [5.41, 5.74) is -0.368. The van der Waals surface area contributed by atoms with Crippen LogP contribution in [0.5, 0.6) is 0 Å². The molecule has 12 heteroatoms. The fourth-order valence-electron chi connectivity index (χ4n) is 4.33. The van der Waals surface area contributed by atoms with E-state index >= 15 is 0 Å². The number of nitrogens with zero attached hydrogens (tertiary/aromatic N) is 3. The minimum Gasteiger partial charge on any atom is -0.426 e. The van der Waals surface area contributed by atoms with Crippen LogP contribution in [-0.2, 0) is 9.53 Å². The predicted molar refractivity (Wildman–Crippen MR) is 88.6 cm³/mol. The summed E-state index contributed by atoms with van der Waals surface area (Å²) >= 11 is 0. The van der Waals surface area contributed by atoms with Gasteiger partial charge in [-0.25, -0.2) is 4.79 Å². The van der Waals surface area contributed by atoms with Gasteiger partial charge in [-0.15, -0.1) is 0 Å². The van der Waals surface area contributed by atoms with E-state index in [1.54, 1.807) is 4.90 Å². The number of ether oxygens (including phenoxy) is 1. The third-order valence-electron chi connectivity index (χ3n) is 6.31. The second-order valence-corrected chi connectivity index (χ2v) is 8.18. The monoisotopic (exact) mass is 441 g/mol. The van der Waals surface area contributed by atoms with Crippen LogP contribution in [0.1, 0.15) is 32.1 Å². The standard InChI is InChI=1S/C18H21F6N3O3/c19-17(20,21)14(18(22,23)24)30-15(29)27-7-3-16(4-8-27)9-12(16)13(28)26-5-1-11(10-25)2-6-26/h11-12,14H,1-9H2/t12-/m0/s1. The van der Waals surface area contributed by atoms with Gasteiger partial charge >= 0.3 is 18.4 Å². The van der Waals surface area contributed by atoms with E-state index in [1.165, 1.54) is 0 Å². The third kappa shape index (κ3) is 4.59. The Balaban J connectivity index is 1.51. The van der Waals surface area contributed by atoms with Crippen molar-refractivity contribution in [2.45, 2.75) is 50.6 Å². The summed E-state index contributed by atoms with van der Waals surface area (Å²) in [5.74, 6) is -0.349. The zero-order valence-corrected chi connectivity index (χ0v) is 15.9. The van der Waals surface area contributed by atoms with Gasteiger partial charge in [-0.3, -0.25) is 4.79 Å². The lowest BCUT2D eigenvalue weighted by Crippen LogP contribution is -2.49. The Bertz CT molecular complexity index is 702. The van der Waals surface area contributed by atoms with Gasteiger partial charge in [0.25, 0.3) is 6.10 Å². The van der Waals surface area contributed by atoms with Crippen molar-refractivity contribution in [2.24, 2.45) is 17.3 Å². The van der Waals surface area contributed by atoms with Crippen molar-refractivity contribution in [3.63, 3.8) is 0 Å². The maximum atomic E-state index is 12.7. The van der Waals surface area contributed by atoms with Crippen LogP contribution in [0.15, 0.2) is 0 Å². The van der Waals surface area contributed by atoms with Gasteiger partial charge in [0.1, 0.15) is 0 Å². The van der Waals surface area contributed by atoms with Crippen molar-refractivity contribution >= 4 is 12.0 Å². The molecule has 0 bridgehead atoms. The van der Waals surface area contributed by atoms with Crippen LogP contribution in [-0.4, -0.2) is 66.4 Å². The Labute approximate surface area is 168 Å². The maximum Gasteiger partial charge on any atom is 0.434 e. The van der Waals surface area contributed by atoms with Crippen molar-refractivity contribution in [2.75, 3.05) is 26.2 Å². The summed E-state index contributed by atoms with van der Waals surface area (Å²) in [6, 6.07) is 2.18. The smallest absolute Gasteiger partial charge is 0.426 e. The van der Waals surface area contributed by atoms with Crippen LogP contribution in [0.3, 0.4) is 0 Å². The topological polar surface area (TPSA) is 73.6 Å². The summed E-state index contributed by atoms with van der Waals surface area (Å²) in [4.78, 5) is 27.1. The molecule has 0 N–H and O–H groups in total. The van der Waals surface area contributed by atoms with Crippen molar-refractivity contribution in [3.8, 4) is 6.07 Å². The van der Waals surface area contributed by atoms with Crippen molar-refractivity contribution in [1.29, 1.82) is 5.26 Å². The maximum absolute atomic E-state index is 12.7. The number of hydrogen-bond donors (Lipinski definition) is 0. The van der Waals surface area contributed by atoms with Gasteiger partial charge in [-0.2, -0.15) is 31.6 Å². The lowest BCUT2D eigenvalue weighted by atomic mass is 9.90. The van der Waals surface area contributed by atoms with Gasteiger partial charge in [0.15, 0.2) is 0 Å². The molecule has 0 radical (unpaired) electrons. The van der Waals surface area contributed by atoms with E-state index in [0.717, 1.165) is 4.90 Å². The normalized spacial score (nSPS) is 24.7. The molecule has 2 saturated heterocycles. The highest BCUT2D eigenvalue weighted by Crippen LogP contribution is 2.60. The number of halogens is 6. The number of alkyl halides is 6. The highest BCUT2D eigenvalue weighted by Gasteiger charge is 2.62. The second kappa shape index (κ2) is 7.81. The first-order chi connectivity index (χ1) is 13.9. The molecule has 30 heavy (non-hydrogen) atoms. The zero-order chi connectivity index (χ0) is 22.3. The molecule has 2 aliphatic heterocycles. The number of piperidine rings is 2. The van der Waals surface area contributed by atoms with Crippen molar-refractivity contribution in [3.05, 3.63) is 0 Å². The number of carbonyl (C=O) groups is 2. The molecular weight excluding hydrogens is 420 g/mol. The molecule has 3 rings (SSSR count). The van der Waals surface area contributed by atoms with E-state index in [4.69, 9.17) is 5.26 Å². The lowest BCUT2D eigenvalue weighted by Gasteiger charge is -2.35. The van der Waals surface area contributed by atoms with E-state index in [0.29, 0.717) is 45.2 Å². The molecule has 2 amide bonds. The fraction of sp³-hybridized carbons (Fsp3) is 0.833. The predicted octanol–water partition coefficient (Wildman–Crippen LogP) is 3.48. The van der Waals surface area contributed by atoms with E-state index in [9.17, 15) is 35.9 Å². The molecule has 168 valence electrons. The summed E-state index contributed by atoms with van der Waals surface area (Å²) in [5, 5.41) is 8.93. The summed E-state index contributed by atoms with van der Waals surface area (Å²) in [7, 11) is 0. The molecule has 6 nitrogen and oxygen atoms in total. The van der Waals surface area contributed by atoms with Crippen LogP contribution < -0.4 is 0 Å². The zero-order valence-electron chi connectivity index (χ0n) is 15.9. The fourth-order valence-corrected chi connectivity index (χ4v) is 4.33. The van der Waals surface area contributed by atoms with E-state index in [1.807, 2.05) is 0 Å². The molecule has 3 aliphatic rings. The molecule has 3 fully saturated rings. The SMILES string of the molecule is N#CC1CCN(C(=O)[C@@H]2CC23CCN(C(=O)OC(C(F)(F)F)C(F)(F)F)CC3)CC1. The minimum atomic E-state index is -5.75. The van der Waals surface area contributed by atoms with Crippen molar-refractivity contribution in [1.82, 2.24) is 9.80 Å². The van der Waals surface area contributed by atoms with Gasteiger partial charge in [-0.05, 0) is 37.5 Å². The van der Waals surface area contributed by atoms with E-state index < -0.39 is 24.5 Å². The lowest BCUT2D eigenvalue weighted by molar-refractivity contribution is -0.308. The Morgan fingerprint density at radius 3 is 1.97 bits per heavy atom. The minimum absolute atomic E-state index is 0.0309. The van der Waals surface area contributed by atoms with Crippen LogP contribution in [0, 0.1) is 28.6 Å². The van der Waals surface area contributed by atoms with Gasteiger partial charge in [0.05, 0.1) is 6.07 Å². The average molecular weight is 441 g/mol. The second-order valence-electron chi connectivity index (χ2n) is 8.18. The van der Waals surface area contributed by atoms with E-state index in [-0.39, 0.29) is 36.2 Å². The molecule has 1 atom stereocenters.